The van der Waals surface area contributed by atoms with E-state index in [1.54, 1.807) is 0 Å². The average molecular weight is 221 g/mol. The first-order chi connectivity index (χ1) is 7.86. The van der Waals surface area contributed by atoms with Crippen LogP contribution in [-0.4, -0.2) is 25.6 Å². The van der Waals surface area contributed by atoms with Gasteiger partial charge in [0.1, 0.15) is 19.0 Å². The zero-order valence-corrected chi connectivity index (χ0v) is 9.19. The summed E-state index contributed by atoms with van der Waals surface area (Å²) >= 11 is 0. The Morgan fingerprint density at radius 3 is 3.00 bits per heavy atom. The van der Waals surface area contributed by atoms with Gasteiger partial charge in [0.2, 0.25) is 0 Å². The van der Waals surface area contributed by atoms with Gasteiger partial charge in [0.25, 0.3) is 0 Å². The van der Waals surface area contributed by atoms with E-state index in [0.29, 0.717) is 31.3 Å². The number of hydrogen-bond donors (Lipinski definition) is 2. The van der Waals surface area contributed by atoms with Crippen molar-refractivity contribution < 1.29 is 9.47 Å². The van der Waals surface area contributed by atoms with Gasteiger partial charge >= 0.3 is 0 Å². The highest BCUT2D eigenvalue weighted by Crippen LogP contribution is 2.33. The Hall–Kier alpha value is -1.75. The molecule has 1 heterocycles. The number of fused-ring (bicyclic) bond motifs is 1. The SMILES string of the molecule is CCN=C(NN)c1cccc2c1OCCO2. The van der Waals surface area contributed by atoms with Gasteiger partial charge in [-0.1, -0.05) is 6.07 Å². The van der Waals surface area contributed by atoms with E-state index < -0.39 is 0 Å². The minimum absolute atomic E-state index is 0.550. The summed E-state index contributed by atoms with van der Waals surface area (Å²) in [4.78, 5) is 4.27. The smallest absolute Gasteiger partial charge is 0.172 e. The molecule has 5 heteroatoms. The summed E-state index contributed by atoms with van der Waals surface area (Å²) in [6, 6.07) is 5.67. The van der Waals surface area contributed by atoms with Crippen molar-refractivity contribution in [3.8, 4) is 11.5 Å². The lowest BCUT2D eigenvalue weighted by Crippen LogP contribution is -2.32. The van der Waals surface area contributed by atoms with Crippen LogP contribution in [-0.2, 0) is 0 Å². The van der Waals surface area contributed by atoms with Crippen LogP contribution >= 0.6 is 0 Å². The zero-order chi connectivity index (χ0) is 11.4. The number of para-hydroxylation sites is 1. The van der Waals surface area contributed by atoms with Crippen LogP contribution in [0.1, 0.15) is 12.5 Å². The molecule has 0 aliphatic carbocycles. The third-order valence-corrected chi connectivity index (χ3v) is 2.27. The molecule has 0 bridgehead atoms. The van der Waals surface area contributed by atoms with E-state index in [0.717, 1.165) is 11.3 Å². The van der Waals surface area contributed by atoms with Gasteiger partial charge in [-0.3, -0.25) is 4.99 Å². The van der Waals surface area contributed by atoms with E-state index in [1.807, 2.05) is 25.1 Å². The molecule has 0 unspecified atom stereocenters. The van der Waals surface area contributed by atoms with Gasteiger partial charge in [-0.05, 0) is 19.1 Å². The number of nitrogens with one attached hydrogen (secondary N) is 1. The molecule has 0 radical (unpaired) electrons. The first kappa shape index (κ1) is 10.8. The number of nitrogens with zero attached hydrogens (tertiary/aromatic N) is 1. The molecule has 0 saturated carbocycles. The normalized spacial score (nSPS) is 14.8. The third-order valence-electron chi connectivity index (χ3n) is 2.27. The standard InChI is InChI=1S/C11H15N3O2/c1-2-13-11(14-12)8-4-3-5-9-10(8)16-7-6-15-9/h3-5H,2,6-7,12H2,1H3,(H,13,14). The molecule has 1 aromatic carbocycles. The Morgan fingerprint density at radius 2 is 2.25 bits per heavy atom. The van der Waals surface area contributed by atoms with Crippen LogP contribution < -0.4 is 20.7 Å². The lowest BCUT2D eigenvalue weighted by atomic mass is 10.1. The fraction of sp³-hybridized carbons (Fsp3) is 0.364. The Labute approximate surface area is 94.2 Å². The zero-order valence-electron chi connectivity index (χ0n) is 9.19. The van der Waals surface area contributed by atoms with Crippen molar-refractivity contribution in [1.29, 1.82) is 0 Å². The summed E-state index contributed by atoms with van der Waals surface area (Å²) in [6.07, 6.45) is 0. The molecule has 0 spiro atoms. The molecule has 0 atom stereocenters. The van der Waals surface area contributed by atoms with E-state index in [1.165, 1.54) is 0 Å². The van der Waals surface area contributed by atoms with E-state index in [-0.39, 0.29) is 0 Å². The summed E-state index contributed by atoms with van der Waals surface area (Å²) in [5.41, 5.74) is 3.42. The Morgan fingerprint density at radius 1 is 1.44 bits per heavy atom. The van der Waals surface area contributed by atoms with Gasteiger partial charge in [-0.25, -0.2) is 5.84 Å². The topological polar surface area (TPSA) is 68.9 Å². The van der Waals surface area contributed by atoms with E-state index in [2.05, 4.69) is 10.4 Å². The van der Waals surface area contributed by atoms with Gasteiger partial charge in [-0.15, -0.1) is 0 Å². The van der Waals surface area contributed by atoms with Gasteiger partial charge < -0.3 is 14.9 Å². The number of hydrogen-bond acceptors (Lipinski definition) is 4. The summed E-state index contributed by atoms with van der Waals surface area (Å²) < 4.78 is 11.1. The maximum atomic E-state index is 5.58. The van der Waals surface area contributed by atoms with Crippen LogP contribution in [0.2, 0.25) is 0 Å². The molecule has 86 valence electrons. The number of hydrazine groups is 1. The van der Waals surface area contributed by atoms with Crippen LogP contribution in [0.3, 0.4) is 0 Å². The van der Waals surface area contributed by atoms with Crippen molar-refractivity contribution in [2.45, 2.75) is 6.92 Å². The van der Waals surface area contributed by atoms with Crippen molar-refractivity contribution in [2.24, 2.45) is 10.8 Å². The highest BCUT2D eigenvalue weighted by molar-refractivity contribution is 6.01. The molecular formula is C11H15N3O2. The van der Waals surface area contributed by atoms with Gasteiger partial charge in [0, 0.05) is 6.54 Å². The van der Waals surface area contributed by atoms with Crippen LogP contribution in [0.4, 0.5) is 0 Å². The van der Waals surface area contributed by atoms with Crippen LogP contribution in [0.5, 0.6) is 11.5 Å². The number of aliphatic imine (C=N–C) groups is 1. The molecule has 16 heavy (non-hydrogen) atoms. The van der Waals surface area contributed by atoms with Crippen LogP contribution in [0.15, 0.2) is 23.2 Å². The molecule has 5 nitrogen and oxygen atoms in total. The second-order valence-corrected chi connectivity index (χ2v) is 3.30. The Balaban J connectivity index is 2.43. The summed E-state index contributed by atoms with van der Waals surface area (Å²) in [5.74, 6) is 7.51. The average Bonchev–Trinajstić information content (AvgIpc) is 2.35. The molecule has 1 aliphatic heterocycles. The van der Waals surface area contributed by atoms with E-state index >= 15 is 0 Å². The second-order valence-electron chi connectivity index (χ2n) is 3.30. The number of ether oxygens (including phenoxy) is 2. The quantitative estimate of drug-likeness (QED) is 0.333. The van der Waals surface area contributed by atoms with Crippen LogP contribution in [0.25, 0.3) is 0 Å². The Bertz CT molecular complexity index is 404. The van der Waals surface area contributed by atoms with Crippen molar-refractivity contribution in [2.75, 3.05) is 19.8 Å². The highest BCUT2D eigenvalue weighted by atomic mass is 16.6. The van der Waals surface area contributed by atoms with Crippen molar-refractivity contribution in [3.05, 3.63) is 23.8 Å². The molecule has 1 aromatic rings. The molecule has 2 rings (SSSR count). The lowest BCUT2D eigenvalue weighted by molar-refractivity contribution is 0.171. The van der Waals surface area contributed by atoms with Crippen LogP contribution in [0, 0.1) is 0 Å². The summed E-state index contributed by atoms with van der Waals surface area (Å²) in [7, 11) is 0. The summed E-state index contributed by atoms with van der Waals surface area (Å²) in [6.45, 7) is 3.73. The third kappa shape index (κ3) is 1.94. The monoisotopic (exact) mass is 221 g/mol. The minimum atomic E-state index is 0.550. The molecule has 0 aromatic heterocycles. The predicted molar refractivity (Wildman–Crippen MR) is 61.8 cm³/mol. The molecule has 3 N–H and O–H groups in total. The van der Waals surface area contributed by atoms with Crippen molar-refractivity contribution in [1.82, 2.24) is 5.43 Å². The number of rotatable bonds is 2. The lowest BCUT2D eigenvalue weighted by Gasteiger charge is -2.21. The highest BCUT2D eigenvalue weighted by Gasteiger charge is 2.18. The fourth-order valence-electron chi connectivity index (χ4n) is 1.63. The number of benzene rings is 1. The maximum Gasteiger partial charge on any atom is 0.172 e. The largest absolute Gasteiger partial charge is 0.486 e. The van der Waals surface area contributed by atoms with Gasteiger partial charge in [0.15, 0.2) is 11.5 Å². The summed E-state index contributed by atoms with van der Waals surface area (Å²) in [5, 5.41) is 0. The Kier molecular flexibility index (Phi) is 3.26. The molecule has 0 saturated heterocycles. The second kappa shape index (κ2) is 4.85. The van der Waals surface area contributed by atoms with Gasteiger partial charge in [0.05, 0.1) is 5.56 Å². The van der Waals surface area contributed by atoms with Gasteiger partial charge in [-0.2, -0.15) is 0 Å². The molecular weight excluding hydrogens is 206 g/mol. The van der Waals surface area contributed by atoms with Crippen molar-refractivity contribution in [3.63, 3.8) is 0 Å². The molecule has 1 aliphatic rings. The molecule has 0 fully saturated rings. The maximum absolute atomic E-state index is 5.58. The number of nitrogens with two attached hydrogens (primary N) is 1. The minimum Gasteiger partial charge on any atom is -0.486 e. The first-order valence-corrected chi connectivity index (χ1v) is 5.27. The van der Waals surface area contributed by atoms with Crippen molar-refractivity contribution >= 4 is 5.84 Å². The van der Waals surface area contributed by atoms with E-state index in [4.69, 9.17) is 15.3 Å². The first-order valence-electron chi connectivity index (χ1n) is 5.27. The molecule has 0 amide bonds. The van der Waals surface area contributed by atoms with E-state index in [9.17, 15) is 0 Å². The number of amidine groups is 1. The predicted octanol–water partition coefficient (Wildman–Crippen LogP) is 0.688. The fourth-order valence-corrected chi connectivity index (χ4v) is 1.63.